The topological polar surface area (TPSA) is 49.5 Å². The zero-order valence-corrected chi connectivity index (χ0v) is 10.6. The number of ether oxygens (including phenoxy) is 5. The van der Waals surface area contributed by atoms with Gasteiger partial charge in [0.05, 0.1) is 6.61 Å². The standard InChI is InChI=1S/C14H16O5/c1-15-14-12-11(18-12)10-9(17-14)7-16-13(19-10)8-5-3-2-4-6-8/h2-6,9-14H,7H2,1H3/t9-,10+,11+,12+,13?,14+/m1/s1. The Morgan fingerprint density at radius 3 is 2.63 bits per heavy atom. The first-order chi connectivity index (χ1) is 9.36. The van der Waals surface area contributed by atoms with E-state index in [0.717, 1.165) is 5.56 Å². The Balaban J connectivity index is 1.50. The molecule has 0 N–H and O–H groups in total. The summed E-state index contributed by atoms with van der Waals surface area (Å²) in [4.78, 5) is 0. The Morgan fingerprint density at radius 1 is 1.00 bits per heavy atom. The van der Waals surface area contributed by atoms with Gasteiger partial charge in [0.15, 0.2) is 12.6 Å². The van der Waals surface area contributed by atoms with Crippen molar-refractivity contribution in [2.75, 3.05) is 13.7 Å². The van der Waals surface area contributed by atoms with Crippen molar-refractivity contribution in [3.63, 3.8) is 0 Å². The van der Waals surface area contributed by atoms with Crippen LogP contribution in [0.2, 0.25) is 0 Å². The molecule has 5 nitrogen and oxygen atoms in total. The minimum atomic E-state index is -0.338. The van der Waals surface area contributed by atoms with Crippen molar-refractivity contribution in [1.29, 1.82) is 0 Å². The molecule has 5 heteroatoms. The maximum atomic E-state index is 6.00. The number of epoxide rings is 1. The second-order valence-electron chi connectivity index (χ2n) is 5.02. The number of rotatable bonds is 2. The molecule has 3 heterocycles. The SMILES string of the molecule is CO[C@H]1O[C@@H]2COC(c3ccccc3)O[C@@H]2[C@@H]2O[C@H]12. The predicted molar refractivity (Wildman–Crippen MR) is 64.3 cm³/mol. The zero-order chi connectivity index (χ0) is 12.8. The third-order valence-corrected chi connectivity index (χ3v) is 3.83. The largest absolute Gasteiger partial charge is 0.361 e. The van der Waals surface area contributed by atoms with E-state index in [4.69, 9.17) is 23.7 Å². The highest BCUT2D eigenvalue weighted by molar-refractivity contribution is 5.17. The van der Waals surface area contributed by atoms with Crippen molar-refractivity contribution >= 4 is 0 Å². The summed E-state index contributed by atoms with van der Waals surface area (Å²) in [5.74, 6) is 0. The maximum absolute atomic E-state index is 6.00. The van der Waals surface area contributed by atoms with E-state index in [2.05, 4.69) is 0 Å². The first-order valence-corrected chi connectivity index (χ1v) is 6.52. The summed E-state index contributed by atoms with van der Waals surface area (Å²) in [5, 5.41) is 0. The summed E-state index contributed by atoms with van der Waals surface area (Å²) >= 11 is 0. The van der Waals surface area contributed by atoms with Gasteiger partial charge in [0, 0.05) is 12.7 Å². The van der Waals surface area contributed by atoms with Crippen molar-refractivity contribution in [3.05, 3.63) is 35.9 Å². The van der Waals surface area contributed by atoms with Crippen molar-refractivity contribution < 1.29 is 23.7 Å². The van der Waals surface area contributed by atoms with Gasteiger partial charge in [-0.25, -0.2) is 0 Å². The summed E-state index contributed by atoms with van der Waals surface area (Å²) in [6, 6.07) is 9.92. The summed E-state index contributed by atoms with van der Waals surface area (Å²) in [6.07, 6.45) is -0.759. The summed E-state index contributed by atoms with van der Waals surface area (Å²) in [7, 11) is 1.63. The Morgan fingerprint density at radius 2 is 1.84 bits per heavy atom. The van der Waals surface area contributed by atoms with Gasteiger partial charge in [-0.05, 0) is 0 Å². The van der Waals surface area contributed by atoms with E-state index >= 15 is 0 Å². The van der Waals surface area contributed by atoms with E-state index in [-0.39, 0.29) is 37.0 Å². The highest BCUT2D eigenvalue weighted by Crippen LogP contribution is 2.43. The van der Waals surface area contributed by atoms with E-state index in [1.54, 1.807) is 7.11 Å². The molecule has 6 atom stereocenters. The predicted octanol–water partition coefficient (Wildman–Crippen LogP) is 1.24. The molecule has 1 aromatic rings. The molecule has 0 bridgehead atoms. The summed E-state index contributed by atoms with van der Waals surface area (Å²) in [5.41, 5.74) is 1.02. The molecular weight excluding hydrogens is 248 g/mol. The maximum Gasteiger partial charge on any atom is 0.186 e. The lowest BCUT2D eigenvalue weighted by atomic mass is 10.0. The van der Waals surface area contributed by atoms with E-state index in [1.807, 2.05) is 30.3 Å². The molecule has 0 amide bonds. The van der Waals surface area contributed by atoms with Crippen molar-refractivity contribution in [1.82, 2.24) is 0 Å². The number of methoxy groups -OCH3 is 1. The molecular formula is C14H16O5. The van der Waals surface area contributed by atoms with Crippen LogP contribution >= 0.6 is 0 Å². The molecule has 3 saturated heterocycles. The van der Waals surface area contributed by atoms with Crippen LogP contribution < -0.4 is 0 Å². The van der Waals surface area contributed by atoms with E-state index in [0.29, 0.717) is 6.61 Å². The van der Waals surface area contributed by atoms with Crippen LogP contribution in [-0.2, 0) is 23.7 Å². The molecule has 3 aliphatic rings. The van der Waals surface area contributed by atoms with E-state index < -0.39 is 0 Å². The quantitative estimate of drug-likeness (QED) is 0.752. The lowest BCUT2D eigenvalue weighted by molar-refractivity contribution is -0.304. The molecule has 3 fully saturated rings. The second-order valence-corrected chi connectivity index (χ2v) is 5.02. The molecule has 1 aromatic carbocycles. The summed E-state index contributed by atoms with van der Waals surface area (Å²) < 4.78 is 28.4. The fourth-order valence-corrected chi connectivity index (χ4v) is 2.80. The third kappa shape index (κ3) is 1.98. The van der Waals surface area contributed by atoms with Gasteiger partial charge in [0.25, 0.3) is 0 Å². The Hall–Kier alpha value is -0.980. The van der Waals surface area contributed by atoms with Gasteiger partial charge in [0.1, 0.15) is 24.4 Å². The average Bonchev–Trinajstić information content (AvgIpc) is 3.27. The van der Waals surface area contributed by atoms with Crippen molar-refractivity contribution in [2.24, 2.45) is 0 Å². The molecule has 0 spiro atoms. The van der Waals surface area contributed by atoms with Crippen LogP contribution in [-0.4, -0.2) is 44.4 Å². The van der Waals surface area contributed by atoms with Gasteiger partial charge in [0.2, 0.25) is 0 Å². The van der Waals surface area contributed by atoms with Gasteiger partial charge >= 0.3 is 0 Å². The Bertz CT molecular complexity index is 450. The highest BCUT2D eigenvalue weighted by atomic mass is 16.8. The molecule has 0 aliphatic carbocycles. The lowest BCUT2D eigenvalue weighted by Gasteiger charge is -2.39. The first kappa shape index (κ1) is 11.8. The van der Waals surface area contributed by atoms with E-state index in [1.165, 1.54) is 0 Å². The Kier molecular flexibility index (Phi) is 2.82. The minimum absolute atomic E-state index is 0.000716. The average molecular weight is 264 g/mol. The van der Waals surface area contributed by atoms with Crippen molar-refractivity contribution in [2.45, 2.75) is 37.0 Å². The normalized spacial score (nSPS) is 44.3. The van der Waals surface area contributed by atoms with Crippen LogP contribution in [0.5, 0.6) is 0 Å². The van der Waals surface area contributed by atoms with Crippen molar-refractivity contribution in [3.8, 4) is 0 Å². The summed E-state index contributed by atoms with van der Waals surface area (Å²) in [6.45, 7) is 0.497. The molecule has 19 heavy (non-hydrogen) atoms. The van der Waals surface area contributed by atoms with Crippen LogP contribution in [0.4, 0.5) is 0 Å². The van der Waals surface area contributed by atoms with Crippen LogP contribution in [0, 0.1) is 0 Å². The monoisotopic (exact) mass is 264 g/mol. The minimum Gasteiger partial charge on any atom is -0.361 e. The molecule has 102 valence electrons. The smallest absolute Gasteiger partial charge is 0.186 e. The fourth-order valence-electron chi connectivity index (χ4n) is 2.80. The number of hydrogen-bond acceptors (Lipinski definition) is 5. The van der Waals surface area contributed by atoms with Crippen LogP contribution in [0.15, 0.2) is 30.3 Å². The fraction of sp³-hybridized carbons (Fsp3) is 0.571. The second kappa shape index (κ2) is 4.54. The van der Waals surface area contributed by atoms with Gasteiger partial charge in [-0.1, -0.05) is 30.3 Å². The number of fused-ring (bicyclic) bond motifs is 3. The number of benzene rings is 1. The third-order valence-electron chi connectivity index (χ3n) is 3.83. The zero-order valence-electron chi connectivity index (χ0n) is 10.6. The van der Waals surface area contributed by atoms with Crippen LogP contribution in [0.1, 0.15) is 11.9 Å². The van der Waals surface area contributed by atoms with Gasteiger partial charge in [-0.3, -0.25) is 0 Å². The molecule has 3 aliphatic heterocycles. The van der Waals surface area contributed by atoms with E-state index in [9.17, 15) is 0 Å². The number of hydrogen-bond donors (Lipinski definition) is 0. The van der Waals surface area contributed by atoms with Gasteiger partial charge < -0.3 is 23.7 Å². The lowest BCUT2D eigenvalue weighted by Crippen LogP contribution is -2.52. The first-order valence-electron chi connectivity index (χ1n) is 6.52. The molecule has 0 saturated carbocycles. The molecule has 0 aromatic heterocycles. The van der Waals surface area contributed by atoms with Gasteiger partial charge in [-0.15, -0.1) is 0 Å². The molecule has 0 radical (unpaired) electrons. The van der Waals surface area contributed by atoms with Gasteiger partial charge in [-0.2, -0.15) is 0 Å². The highest BCUT2D eigenvalue weighted by Gasteiger charge is 2.60. The van der Waals surface area contributed by atoms with Crippen LogP contribution in [0.25, 0.3) is 0 Å². The molecule has 1 unspecified atom stereocenters. The van der Waals surface area contributed by atoms with Crippen LogP contribution in [0.3, 0.4) is 0 Å². The molecule has 4 rings (SSSR count). The Labute approximate surface area is 111 Å².